The van der Waals surface area contributed by atoms with Crippen LogP contribution in [0.3, 0.4) is 0 Å². The van der Waals surface area contributed by atoms with Crippen LogP contribution in [0.25, 0.3) is 0 Å². The standard InChI is InChI=1S/C22H17BrO6/c23-16-8-11-20(19(14-16)21(24)25)29-22(26)15-6-9-18(10-7-15)28-13-12-27-17-4-2-1-3-5-17/h1-11,14H,12-13H2,(H,24,25). The number of carboxylic acids is 1. The van der Waals surface area contributed by atoms with Crippen molar-refractivity contribution in [2.45, 2.75) is 0 Å². The molecule has 0 aromatic heterocycles. The molecule has 0 spiro atoms. The van der Waals surface area contributed by atoms with Crippen molar-refractivity contribution in [2.24, 2.45) is 0 Å². The largest absolute Gasteiger partial charge is 0.490 e. The molecule has 0 aliphatic heterocycles. The molecule has 3 aromatic rings. The average Bonchev–Trinajstić information content (AvgIpc) is 2.73. The molecule has 0 unspecified atom stereocenters. The molecule has 0 aliphatic carbocycles. The Hall–Kier alpha value is -3.32. The zero-order valence-corrected chi connectivity index (χ0v) is 16.8. The number of aromatic carboxylic acids is 1. The normalized spacial score (nSPS) is 10.2. The maximum atomic E-state index is 12.3. The topological polar surface area (TPSA) is 82.1 Å². The molecule has 148 valence electrons. The van der Waals surface area contributed by atoms with E-state index in [0.29, 0.717) is 23.4 Å². The third-order valence-corrected chi connectivity index (χ3v) is 4.32. The lowest BCUT2D eigenvalue weighted by atomic mass is 10.2. The Morgan fingerprint density at radius 3 is 2.07 bits per heavy atom. The van der Waals surface area contributed by atoms with Crippen LogP contribution in [-0.4, -0.2) is 30.3 Å². The van der Waals surface area contributed by atoms with Gasteiger partial charge in [0.1, 0.15) is 36.0 Å². The summed E-state index contributed by atoms with van der Waals surface area (Å²) in [7, 11) is 0. The minimum Gasteiger partial charge on any atom is -0.490 e. The van der Waals surface area contributed by atoms with Gasteiger partial charge in [-0.1, -0.05) is 34.1 Å². The summed E-state index contributed by atoms with van der Waals surface area (Å²) in [5.41, 5.74) is 0.170. The molecule has 0 bridgehead atoms. The summed E-state index contributed by atoms with van der Waals surface area (Å²) in [6.07, 6.45) is 0. The summed E-state index contributed by atoms with van der Waals surface area (Å²) in [6.45, 7) is 0.731. The van der Waals surface area contributed by atoms with E-state index in [1.165, 1.54) is 12.1 Å². The number of carboxylic acid groups (broad SMARTS) is 1. The second kappa shape index (κ2) is 9.75. The second-order valence-electron chi connectivity index (χ2n) is 5.87. The summed E-state index contributed by atoms with van der Waals surface area (Å²) in [4.78, 5) is 23.6. The van der Waals surface area contributed by atoms with Crippen molar-refractivity contribution >= 4 is 27.9 Å². The predicted molar refractivity (Wildman–Crippen MR) is 110 cm³/mol. The number of para-hydroxylation sites is 1. The number of ether oxygens (including phenoxy) is 3. The van der Waals surface area contributed by atoms with Crippen LogP contribution < -0.4 is 14.2 Å². The lowest BCUT2D eigenvalue weighted by Crippen LogP contribution is -2.12. The first-order valence-electron chi connectivity index (χ1n) is 8.68. The summed E-state index contributed by atoms with van der Waals surface area (Å²) >= 11 is 3.20. The van der Waals surface area contributed by atoms with Gasteiger partial charge in [0.05, 0.1) is 5.56 Å². The molecule has 0 radical (unpaired) electrons. The van der Waals surface area contributed by atoms with Gasteiger partial charge in [0.15, 0.2) is 0 Å². The fraction of sp³-hybridized carbons (Fsp3) is 0.0909. The Bertz CT molecular complexity index is 986. The number of carbonyl (C=O) groups excluding carboxylic acids is 1. The third kappa shape index (κ3) is 5.83. The Labute approximate surface area is 175 Å². The molecule has 0 heterocycles. The van der Waals surface area contributed by atoms with Crippen LogP contribution in [0.1, 0.15) is 20.7 Å². The highest BCUT2D eigenvalue weighted by molar-refractivity contribution is 9.10. The zero-order valence-electron chi connectivity index (χ0n) is 15.2. The van der Waals surface area contributed by atoms with Crippen molar-refractivity contribution in [1.29, 1.82) is 0 Å². The fourth-order valence-electron chi connectivity index (χ4n) is 2.44. The number of benzene rings is 3. The molecular formula is C22H17BrO6. The van der Waals surface area contributed by atoms with Crippen molar-refractivity contribution in [2.75, 3.05) is 13.2 Å². The molecule has 0 saturated carbocycles. The van der Waals surface area contributed by atoms with Crippen LogP contribution in [0.4, 0.5) is 0 Å². The van der Waals surface area contributed by atoms with E-state index in [2.05, 4.69) is 15.9 Å². The average molecular weight is 457 g/mol. The SMILES string of the molecule is O=C(Oc1ccc(Br)cc1C(=O)O)c1ccc(OCCOc2ccccc2)cc1. The first-order chi connectivity index (χ1) is 14.0. The van der Waals surface area contributed by atoms with Crippen molar-refractivity contribution < 1.29 is 28.9 Å². The van der Waals surface area contributed by atoms with E-state index in [9.17, 15) is 14.7 Å². The second-order valence-corrected chi connectivity index (χ2v) is 6.79. The molecule has 3 rings (SSSR count). The minimum atomic E-state index is -1.18. The van der Waals surface area contributed by atoms with Crippen LogP contribution in [0.5, 0.6) is 17.2 Å². The molecule has 0 saturated heterocycles. The van der Waals surface area contributed by atoms with Gasteiger partial charge in [0.25, 0.3) is 0 Å². The predicted octanol–water partition coefficient (Wildman–Crippen LogP) is 4.82. The molecule has 6 nitrogen and oxygen atoms in total. The molecule has 29 heavy (non-hydrogen) atoms. The molecule has 0 fully saturated rings. The molecule has 0 aliphatic rings. The van der Waals surface area contributed by atoms with E-state index in [4.69, 9.17) is 14.2 Å². The third-order valence-electron chi connectivity index (χ3n) is 3.83. The fourth-order valence-corrected chi connectivity index (χ4v) is 2.80. The van der Waals surface area contributed by atoms with Gasteiger partial charge in [-0.2, -0.15) is 0 Å². The summed E-state index contributed by atoms with van der Waals surface area (Å²) < 4.78 is 16.9. The molecule has 3 aromatic carbocycles. The summed E-state index contributed by atoms with van der Waals surface area (Å²) in [6, 6.07) is 20.2. The molecule has 0 atom stereocenters. The first kappa shape index (κ1) is 20.4. The van der Waals surface area contributed by atoms with Gasteiger partial charge in [-0.05, 0) is 54.6 Å². The summed E-state index contributed by atoms with van der Waals surface area (Å²) in [5.74, 6) is -0.524. The molecule has 0 amide bonds. The number of rotatable bonds is 8. The van der Waals surface area contributed by atoms with Gasteiger partial charge in [0, 0.05) is 4.47 Å². The van der Waals surface area contributed by atoms with Gasteiger partial charge in [-0.15, -0.1) is 0 Å². The Morgan fingerprint density at radius 2 is 1.45 bits per heavy atom. The number of halogens is 1. The summed E-state index contributed by atoms with van der Waals surface area (Å²) in [5, 5.41) is 9.25. The van der Waals surface area contributed by atoms with Gasteiger partial charge >= 0.3 is 11.9 Å². The molecular weight excluding hydrogens is 440 g/mol. The van der Waals surface area contributed by atoms with Crippen LogP contribution in [0, 0.1) is 0 Å². The smallest absolute Gasteiger partial charge is 0.343 e. The number of carbonyl (C=O) groups is 2. The molecule has 1 N–H and O–H groups in total. The van der Waals surface area contributed by atoms with Crippen LogP contribution in [0.2, 0.25) is 0 Å². The van der Waals surface area contributed by atoms with E-state index in [-0.39, 0.29) is 16.9 Å². The Kier molecular flexibility index (Phi) is 6.86. The van der Waals surface area contributed by atoms with Crippen molar-refractivity contribution in [3.63, 3.8) is 0 Å². The minimum absolute atomic E-state index is 0.0240. The van der Waals surface area contributed by atoms with Crippen LogP contribution in [0.15, 0.2) is 77.3 Å². The first-order valence-corrected chi connectivity index (χ1v) is 9.48. The highest BCUT2D eigenvalue weighted by Crippen LogP contribution is 2.24. The van der Waals surface area contributed by atoms with Crippen molar-refractivity contribution in [3.05, 3.63) is 88.4 Å². The highest BCUT2D eigenvalue weighted by atomic mass is 79.9. The van der Waals surface area contributed by atoms with E-state index in [0.717, 1.165) is 5.75 Å². The van der Waals surface area contributed by atoms with Crippen LogP contribution >= 0.6 is 15.9 Å². The van der Waals surface area contributed by atoms with E-state index in [1.807, 2.05) is 30.3 Å². The lowest BCUT2D eigenvalue weighted by molar-refractivity contribution is 0.0681. The number of esters is 1. The highest BCUT2D eigenvalue weighted by Gasteiger charge is 2.16. The van der Waals surface area contributed by atoms with Gasteiger partial charge < -0.3 is 19.3 Å². The van der Waals surface area contributed by atoms with Gasteiger partial charge in [-0.3, -0.25) is 0 Å². The molecule has 7 heteroatoms. The van der Waals surface area contributed by atoms with Gasteiger partial charge in [-0.25, -0.2) is 9.59 Å². The van der Waals surface area contributed by atoms with Crippen molar-refractivity contribution in [3.8, 4) is 17.2 Å². The van der Waals surface area contributed by atoms with Crippen molar-refractivity contribution in [1.82, 2.24) is 0 Å². The van der Waals surface area contributed by atoms with Gasteiger partial charge in [0.2, 0.25) is 0 Å². The maximum Gasteiger partial charge on any atom is 0.343 e. The zero-order chi connectivity index (χ0) is 20.6. The maximum absolute atomic E-state index is 12.3. The Morgan fingerprint density at radius 1 is 0.828 bits per heavy atom. The quantitative estimate of drug-likeness (QED) is 0.297. The van der Waals surface area contributed by atoms with E-state index >= 15 is 0 Å². The van der Waals surface area contributed by atoms with E-state index < -0.39 is 11.9 Å². The number of hydrogen-bond donors (Lipinski definition) is 1. The van der Waals surface area contributed by atoms with E-state index in [1.54, 1.807) is 30.3 Å². The Balaban J connectivity index is 1.54. The lowest BCUT2D eigenvalue weighted by Gasteiger charge is -2.10. The van der Waals surface area contributed by atoms with Crippen LogP contribution in [-0.2, 0) is 0 Å². The monoisotopic (exact) mass is 456 g/mol. The number of hydrogen-bond acceptors (Lipinski definition) is 5.